The lowest BCUT2D eigenvalue weighted by atomic mass is 9.85. The van der Waals surface area contributed by atoms with Gasteiger partial charge in [-0.15, -0.1) is 12.4 Å². The fourth-order valence-electron chi connectivity index (χ4n) is 2.90. The van der Waals surface area contributed by atoms with Crippen LogP contribution in [0.25, 0.3) is 0 Å². The molecule has 0 spiro atoms. The van der Waals surface area contributed by atoms with E-state index in [0.717, 1.165) is 19.3 Å². The first-order valence-electron chi connectivity index (χ1n) is 7.02. The normalized spacial score (nSPS) is 33.9. The zero-order chi connectivity index (χ0) is 13.8. The van der Waals surface area contributed by atoms with Crippen molar-refractivity contribution in [1.82, 2.24) is 10.6 Å². The lowest BCUT2D eigenvalue weighted by Gasteiger charge is -2.33. The molecule has 4 N–H and O–H groups in total. The molecule has 116 valence electrons. The van der Waals surface area contributed by atoms with Crippen LogP contribution in [0.4, 0.5) is 0 Å². The van der Waals surface area contributed by atoms with E-state index in [2.05, 4.69) is 10.6 Å². The maximum Gasteiger partial charge on any atom is 0.240 e. The largest absolute Gasteiger partial charge is 0.375 e. The van der Waals surface area contributed by atoms with Crippen molar-refractivity contribution in [2.45, 2.75) is 50.8 Å². The molecule has 0 bridgehead atoms. The molecule has 20 heavy (non-hydrogen) atoms. The summed E-state index contributed by atoms with van der Waals surface area (Å²) in [5.74, 6) is -0.402. The maximum absolute atomic E-state index is 12.2. The van der Waals surface area contributed by atoms with Gasteiger partial charge in [-0.2, -0.15) is 0 Å². The highest BCUT2D eigenvalue weighted by molar-refractivity contribution is 5.85. The van der Waals surface area contributed by atoms with Gasteiger partial charge >= 0.3 is 0 Å². The first-order chi connectivity index (χ1) is 9.08. The molecule has 2 rings (SSSR count). The third kappa shape index (κ3) is 4.33. The summed E-state index contributed by atoms with van der Waals surface area (Å²) in [6.07, 6.45) is 3.22. The van der Waals surface area contributed by atoms with Gasteiger partial charge in [0.05, 0.1) is 12.7 Å². The molecule has 0 radical (unpaired) electrons. The highest BCUT2D eigenvalue weighted by atomic mass is 35.5. The SMILES string of the molecule is C[C@H]1OCCN[C@@H]1C(=O)NC1CCCC(C(N)=O)C1.Cl. The number of hydrogen-bond acceptors (Lipinski definition) is 4. The summed E-state index contributed by atoms with van der Waals surface area (Å²) in [4.78, 5) is 23.4. The number of morpholine rings is 1. The van der Waals surface area contributed by atoms with Crippen molar-refractivity contribution in [3.05, 3.63) is 0 Å². The smallest absolute Gasteiger partial charge is 0.240 e. The lowest BCUT2D eigenvalue weighted by Crippen LogP contribution is -2.57. The minimum atomic E-state index is -0.303. The Balaban J connectivity index is 0.00000200. The van der Waals surface area contributed by atoms with Crippen LogP contribution in [0.3, 0.4) is 0 Å². The van der Waals surface area contributed by atoms with Gasteiger partial charge in [-0.25, -0.2) is 0 Å². The number of amides is 2. The van der Waals surface area contributed by atoms with Crippen molar-refractivity contribution in [3.8, 4) is 0 Å². The van der Waals surface area contributed by atoms with Gasteiger partial charge in [-0.05, 0) is 26.2 Å². The summed E-state index contributed by atoms with van der Waals surface area (Å²) >= 11 is 0. The molecular weight excluding hydrogens is 282 g/mol. The van der Waals surface area contributed by atoms with Crippen LogP contribution in [0.15, 0.2) is 0 Å². The summed E-state index contributed by atoms with van der Waals surface area (Å²) in [5.41, 5.74) is 5.34. The van der Waals surface area contributed by atoms with E-state index in [0.29, 0.717) is 19.6 Å². The van der Waals surface area contributed by atoms with E-state index in [1.807, 2.05) is 6.92 Å². The van der Waals surface area contributed by atoms with Gasteiger partial charge in [0.25, 0.3) is 0 Å². The fraction of sp³-hybridized carbons (Fsp3) is 0.846. The van der Waals surface area contributed by atoms with Crippen molar-refractivity contribution in [2.75, 3.05) is 13.2 Å². The number of halogens is 1. The van der Waals surface area contributed by atoms with Gasteiger partial charge < -0.3 is 21.1 Å². The first kappa shape index (κ1) is 17.2. The summed E-state index contributed by atoms with van der Waals surface area (Å²) in [6.45, 7) is 3.22. The Morgan fingerprint density at radius 2 is 2.10 bits per heavy atom. The van der Waals surface area contributed by atoms with Crippen LogP contribution < -0.4 is 16.4 Å². The van der Waals surface area contributed by atoms with Gasteiger partial charge in [-0.3, -0.25) is 9.59 Å². The second-order valence-corrected chi connectivity index (χ2v) is 5.48. The van der Waals surface area contributed by atoms with Gasteiger partial charge in [0, 0.05) is 18.5 Å². The first-order valence-corrected chi connectivity index (χ1v) is 7.02. The molecule has 1 aliphatic carbocycles. The topological polar surface area (TPSA) is 93.4 Å². The molecule has 1 saturated heterocycles. The zero-order valence-corrected chi connectivity index (χ0v) is 12.6. The van der Waals surface area contributed by atoms with Crippen LogP contribution in [0, 0.1) is 5.92 Å². The Morgan fingerprint density at radius 3 is 2.75 bits per heavy atom. The van der Waals surface area contributed by atoms with E-state index in [-0.39, 0.29) is 48.3 Å². The Kier molecular flexibility index (Phi) is 6.71. The molecule has 7 heteroatoms. The number of hydrogen-bond donors (Lipinski definition) is 3. The number of carbonyl (C=O) groups is 2. The quantitative estimate of drug-likeness (QED) is 0.681. The van der Waals surface area contributed by atoms with Crippen molar-refractivity contribution in [3.63, 3.8) is 0 Å². The molecule has 1 saturated carbocycles. The van der Waals surface area contributed by atoms with Crippen LogP contribution in [0.2, 0.25) is 0 Å². The third-order valence-electron chi connectivity index (χ3n) is 4.02. The van der Waals surface area contributed by atoms with E-state index in [1.165, 1.54) is 0 Å². The number of rotatable bonds is 3. The Morgan fingerprint density at radius 1 is 1.35 bits per heavy atom. The number of ether oxygens (including phenoxy) is 1. The molecule has 4 atom stereocenters. The average molecular weight is 306 g/mol. The van der Waals surface area contributed by atoms with Crippen molar-refractivity contribution in [1.29, 1.82) is 0 Å². The van der Waals surface area contributed by atoms with E-state index >= 15 is 0 Å². The number of nitrogens with two attached hydrogens (primary N) is 1. The van der Waals surface area contributed by atoms with E-state index in [1.54, 1.807) is 0 Å². The van der Waals surface area contributed by atoms with Crippen molar-refractivity contribution < 1.29 is 14.3 Å². The highest BCUT2D eigenvalue weighted by Gasteiger charge is 2.32. The molecule has 0 aromatic carbocycles. The van der Waals surface area contributed by atoms with Crippen LogP contribution >= 0.6 is 12.4 Å². The summed E-state index contributed by atoms with van der Waals surface area (Å²) in [5, 5.41) is 6.18. The van der Waals surface area contributed by atoms with Gasteiger partial charge in [0.1, 0.15) is 6.04 Å². The van der Waals surface area contributed by atoms with Crippen LogP contribution in [-0.2, 0) is 14.3 Å². The fourth-order valence-corrected chi connectivity index (χ4v) is 2.90. The van der Waals surface area contributed by atoms with E-state index in [9.17, 15) is 9.59 Å². The van der Waals surface area contributed by atoms with E-state index in [4.69, 9.17) is 10.5 Å². The predicted octanol–water partition coefficient (Wildman–Crippen LogP) is -0.0546. The standard InChI is InChI=1S/C13H23N3O3.ClH/c1-8-11(15-5-6-19-8)13(18)16-10-4-2-3-9(7-10)12(14)17;/h8-11,15H,2-7H2,1H3,(H2,14,17)(H,16,18);1H/t8-,9?,10?,11+;/m1./s1. The molecule has 2 fully saturated rings. The predicted molar refractivity (Wildman–Crippen MR) is 77.5 cm³/mol. The number of carbonyl (C=O) groups excluding carboxylic acids is 2. The lowest BCUT2D eigenvalue weighted by molar-refractivity contribution is -0.131. The molecule has 2 unspecified atom stereocenters. The molecule has 0 aromatic heterocycles. The monoisotopic (exact) mass is 305 g/mol. The Labute approximate surface area is 125 Å². The molecule has 2 amide bonds. The van der Waals surface area contributed by atoms with Gasteiger partial charge in [0.15, 0.2) is 0 Å². The van der Waals surface area contributed by atoms with Crippen molar-refractivity contribution in [2.24, 2.45) is 11.7 Å². The van der Waals surface area contributed by atoms with Gasteiger partial charge in [0.2, 0.25) is 11.8 Å². The van der Waals surface area contributed by atoms with Gasteiger partial charge in [-0.1, -0.05) is 6.42 Å². The average Bonchev–Trinajstić information content (AvgIpc) is 2.39. The van der Waals surface area contributed by atoms with Crippen LogP contribution in [0.5, 0.6) is 0 Å². The van der Waals surface area contributed by atoms with Crippen LogP contribution in [0.1, 0.15) is 32.6 Å². The third-order valence-corrected chi connectivity index (χ3v) is 4.02. The van der Waals surface area contributed by atoms with E-state index < -0.39 is 0 Å². The minimum absolute atomic E-state index is 0. The minimum Gasteiger partial charge on any atom is -0.375 e. The number of primary amides is 1. The second-order valence-electron chi connectivity index (χ2n) is 5.48. The summed E-state index contributed by atoms with van der Waals surface area (Å²) in [6, 6.07) is -0.252. The number of nitrogens with one attached hydrogen (secondary N) is 2. The highest BCUT2D eigenvalue weighted by Crippen LogP contribution is 2.24. The molecule has 1 heterocycles. The van der Waals surface area contributed by atoms with Crippen molar-refractivity contribution >= 4 is 24.2 Å². The molecule has 1 aliphatic heterocycles. The molecule has 2 aliphatic rings. The summed E-state index contributed by atoms with van der Waals surface area (Å²) < 4.78 is 5.46. The Bertz CT molecular complexity index is 354. The Hall–Kier alpha value is -0.850. The molecule has 6 nitrogen and oxygen atoms in total. The molecule has 0 aromatic rings. The maximum atomic E-state index is 12.2. The second kappa shape index (κ2) is 7.81. The van der Waals surface area contributed by atoms with Crippen LogP contribution in [-0.4, -0.2) is 43.2 Å². The molecular formula is C13H24ClN3O3. The zero-order valence-electron chi connectivity index (χ0n) is 11.8. The summed E-state index contributed by atoms with van der Waals surface area (Å²) in [7, 11) is 0.